The van der Waals surface area contributed by atoms with Gasteiger partial charge in [-0.15, -0.1) is 5.10 Å². The quantitative estimate of drug-likeness (QED) is 0.649. The molecule has 0 aliphatic carbocycles. The molecule has 1 spiro atoms. The second-order valence-corrected chi connectivity index (χ2v) is 9.76. The molecule has 178 valence electrons. The molecule has 0 saturated carbocycles. The molecule has 0 radical (unpaired) electrons. The summed E-state index contributed by atoms with van der Waals surface area (Å²) >= 11 is 0. The number of benzene rings is 1. The van der Waals surface area contributed by atoms with E-state index in [-0.39, 0.29) is 23.2 Å². The lowest BCUT2D eigenvalue weighted by Gasteiger charge is -2.46. The van der Waals surface area contributed by atoms with Gasteiger partial charge in [0.2, 0.25) is 6.39 Å². The Hall–Kier alpha value is -2.30. The van der Waals surface area contributed by atoms with Crippen LogP contribution in [0.15, 0.2) is 22.9 Å². The van der Waals surface area contributed by atoms with Crippen LogP contribution in [0, 0.1) is 17.6 Å². The summed E-state index contributed by atoms with van der Waals surface area (Å²) < 4.78 is 51.1. The van der Waals surface area contributed by atoms with E-state index in [2.05, 4.69) is 15.1 Å². The molecular formula is C23H28F2N4O4. The normalized spacial score (nSPS) is 25.9. The standard InChI is InChI=1S/C23H28F2N4O4/c24-17-5-19(21(20(25)6-17)31-10-15-8-30-9-15)16-1-3-28(4-2-16)18-7-23(33-11-18)12-29(13-23)22-27-26-14-32-22/h5-6,14-16,18H,1-4,7-13H2/t18-/m0/s1. The minimum Gasteiger partial charge on any atom is -0.490 e. The second-order valence-electron chi connectivity index (χ2n) is 9.76. The SMILES string of the molecule is Fc1cc(F)c(OCC2COC2)c(C2CCN([C@@H]3COC4(C3)CN(c3nnco3)C4)CC2)c1. The topological polar surface area (TPSA) is 73.1 Å². The van der Waals surface area contributed by atoms with Gasteiger partial charge in [0.05, 0.1) is 39.5 Å². The van der Waals surface area contributed by atoms with E-state index in [4.69, 9.17) is 18.6 Å². The summed E-state index contributed by atoms with van der Waals surface area (Å²) in [5.74, 6) is -0.602. The lowest BCUT2D eigenvalue weighted by Crippen LogP contribution is -2.62. The first-order valence-electron chi connectivity index (χ1n) is 11.7. The fraction of sp³-hybridized carbons (Fsp3) is 0.652. The summed E-state index contributed by atoms with van der Waals surface area (Å²) in [4.78, 5) is 4.50. The maximum absolute atomic E-state index is 14.6. The van der Waals surface area contributed by atoms with Crippen molar-refractivity contribution in [1.29, 1.82) is 0 Å². The molecule has 0 bridgehead atoms. The molecule has 4 aliphatic rings. The Morgan fingerprint density at radius 2 is 1.94 bits per heavy atom. The van der Waals surface area contributed by atoms with Crippen LogP contribution in [0.1, 0.15) is 30.7 Å². The summed E-state index contributed by atoms with van der Waals surface area (Å²) in [5.41, 5.74) is 0.509. The first-order chi connectivity index (χ1) is 16.1. The van der Waals surface area contributed by atoms with Gasteiger partial charge in [-0.2, -0.15) is 0 Å². The number of hydrogen-bond donors (Lipinski definition) is 0. The highest BCUT2D eigenvalue weighted by Gasteiger charge is 2.52. The van der Waals surface area contributed by atoms with Crippen LogP contribution in [0.3, 0.4) is 0 Å². The van der Waals surface area contributed by atoms with Crippen LogP contribution in [0.4, 0.5) is 14.8 Å². The van der Waals surface area contributed by atoms with Gasteiger partial charge in [0.15, 0.2) is 11.6 Å². The minimum atomic E-state index is -0.616. The summed E-state index contributed by atoms with van der Waals surface area (Å²) in [7, 11) is 0. The third-order valence-electron chi connectivity index (χ3n) is 7.46. The zero-order valence-corrected chi connectivity index (χ0v) is 18.4. The van der Waals surface area contributed by atoms with Crippen LogP contribution in [0.5, 0.6) is 5.75 Å². The smallest absolute Gasteiger partial charge is 0.318 e. The number of ether oxygens (including phenoxy) is 3. The predicted molar refractivity (Wildman–Crippen MR) is 113 cm³/mol. The van der Waals surface area contributed by atoms with Gasteiger partial charge in [-0.1, -0.05) is 5.10 Å². The largest absolute Gasteiger partial charge is 0.490 e. The first-order valence-corrected chi connectivity index (χ1v) is 11.7. The summed E-state index contributed by atoms with van der Waals surface area (Å²) in [6.07, 6.45) is 3.98. The predicted octanol–water partition coefficient (Wildman–Crippen LogP) is 2.60. The van der Waals surface area contributed by atoms with Crippen LogP contribution >= 0.6 is 0 Å². The molecule has 4 fully saturated rings. The third-order valence-corrected chi connectivity index (χ3v) is 7.46. The average molecular weight is 462 g/mol. The Balaban J connectivity index is 1.06. The van der Waals surface area contributed by atoms with E-state index >= 15 is 0 Å². The number of rotatable bonds is 6. The minimum absolute atomic E-state index is 0.0760. The van der Waals surface area contributed by atoms with Crippen molar-refractivity contribution < 1.29 is 27.4 Å². The molecule has 0 amide bonds. The first kappa shape index (κ1) is 21.2. The lowest BCUT2D eigenvalue weighted by atomic mass is 9.86. The van der Waals surface area contributed by atoms with E-state index < -0.39 is 11.6 Å². The van der Waals surface area contributed by atoms with Gasteiger partial charge < -0.3 is 23.5 Å². The Bertz CT molecular complexity index is 973. The summed E-state index contributed by atoms with van der Waals surface area (Å²) in [6, 6.07) is 3.26. The fourth-order valence-electron chi connectivity index (χ4n) is 5.56. The third kappa shape index (κ3) is 4.08. The summed E-state index contributed by atoms with van der Waals surface area (Å²) in [5, 5.41) is 7.70. The summed E-state index contributed by atoms with van der Waals surface area (Å²) in [6.45, 7) is 5.63. The van der Waals surface area contributed by atoms with Crippen molar-refractivity contribution in [2.45, 2.75) is 36.8 Å². The number of likely N-dealkylation sites (tertiary alicyclic amines) is 1. The van der Waals surface area contributed by atoms with Crippen LogP contribution in [0.2, 0.25) is 0 Å². The average Bonchev–Trinajstić information content (AvgIpc) is 3.43. The van der Waals surface area contributed by atoms with Crippen molar-refractivity contribution >= 4 is 6.01 Å². The molecule has 5 heterocycles. The molecule has 0 N–H and O–H groups in total. The van der Waals surface area contributed by atoms with Crippen LogP contribution < -0.4 is 9.64 Å². The highest BCUT2D eigenvalue weighted by Crippen LogP contribution is 2.41. The molecule has 2 aromatic rings. The molecule has 10 heteroatoms. The lowest BCUT2D eigenvalue weighted by molar-refractivity contribution is -0.0515. The van der Waals surface area contributed by atoms with Gasteiger partial charge in [0, 0.05) is 23.6 Å². The number of halogens is 2. The number of hydrogen-bond acceptors (Lipinski definition) is 8. The van der Waals surface area contributed by atoms with Crippen LogP contribution in [0.25, 0.3) is 0 Å². The molecule has 0 unspecified atom stereocenters. The van der Waals surface area contributed by atoms with E-state index in [1.807, 2.05) is 4.90 Å². The fourth-order valence-corrected chi connectivity index (χ4v) is 5.56. The highest BCUT2D eigenvalue weighted by atomic mass is 19.1. The van der Waals surface area contributed by atoms with Gasteiger partial charge in [-0.3, -0.25) is 4.90 Å². The van der Waals surface area contributed by atoms with E-state index in [1.54, 1.807) is 0 Å². The number of nitrogens with zero attached hydrogens (tertiary/aromatic N) is 4. The highest BCUT2D eigenvalue weighted by molar-refractivity contribution is 5.39. The van der Waals surface area contributed by atoms with Gasteiger partial charge in [0.1, 0.15) is 11.4 Å². The van der Waals surface area contributed by atoms with Crippen molar-refractivity contribution in [3.05, 3.63) is 35.7 Å². The molecular weight excluding hydrogens is 434 g/mol. The molecule has 6 rings (SSSR count). The Kier molecular flexibility index (Phi) is 5.46. The van der Waals surface area contributed by atoms with E-state index in [0.717, 1.165) is 51.5 Å². The molecule has 8 nitrogen and oxygen atoms in total. The number of aromatic nitrogens is 2. The van der Waals surface area contributed by atoms with Gasteiger partial charge >= 0.3 is 6.01 Å². The van der Waals surface area contributed by atoms with Crippen LogP contribution in [-0.2, 0) is 9.47 Å². The van der Waals surface area contributed by atoms with E-state index in [9.17, 15) is 8.78 Å². The number of anilines is 1. The van der Waals surface area contributed by atoms with Crippen LogP contribution in [-0.4, -0.2) is 79.3 Å². The van der Waals surface area contributed by atoms with E-state index in [0.29, 0.717) is 44.0 Å². The molecule has 1 aromatic carbocycles. The van der Waals surface area contributed by atoms with Crippen molar-refractivity contribution in [3.63, 3.8) is 0 Å². The Morgan fingerprint density at radius 1 is 1.12 bits per heavy atom. The van der Waals surface area contributed by atoms with Gasteiger partial charge in [-0.05, 0) is 44.3 Å². The zero-order chi connectivity index (χ0) is 22.4. The molecule has 1 atom stereocenters. The Morgan fingerprint density at radius 3 is 2.64 bits per heavy atom. The van der Waals surface area contributed by atoms with Gasteiger partial charge in [-0.25, -0.2) is 8.78 Å². The maximum atomic E-state index is 14.6. The van der Waals surface area contributed by atoms with E-state index in [1.165, 1.54) is 12.5 Å². The zero-order valence-electron chi connectivity index (χ0n) is 18.4. The van der Waals surface area contributed by atoms with Crippen molar-refractivity contribution in [2.24, 2.45) is 5.92 Å². The van der Waals surface area contributed by atoms with Gasteiger partial charge in [0.25, 0.3) is 0 Å². The second kappa shape index (κ2) is 8.48. The molecule has 33 heavy (non-hydrogen) atoms. The van der Waals surface area contributed by atoms with Crippen molar-refractivity contribution in [1.82, 2.24) is 15.1 Å². The number of piperidine rings is 1. The van der Waals surface area contributed by atoms with Crippen molar-refractivity contribution in [2.75, 3.05) is 57.5 Å². The molecule has 4 aliphatic heterocycles. The monoisotopic (exact) mass is 462 g/mol. The maximum Gasteiger partial charge on any atom is 0.318 e. The Labute approximate surface area is 190 Å². The molecule has 1 aromatic heterocycles. The van der Waals surface area contributed by atoms with Crippen molar-refractivity contribution in [3.8, 4) is 5.75 Å². The molecule has 4 saturated heterocycles.